The number of primary amides is 1. The number of anilines is 1. The van der Waals surface area contributed by atoms with Crippen molar-refractivity contribution in [3.05, 3.63) is 30.1 Å². The molecule has 2 amide bonds. The van der Waals surface area contributed by atoms with Gasteiger partial charge in [-0.05, 0) is 31.3 Å². The Morgan fingerprint density at radius 1 is 1.38 bits per heavy atom. The maximum absolute atomic E-state index is 12.8. The highest BCUT2D eigenvalue weighted by molar-refractivity contribution is 5.83. The van der Waals surface area contributed by atoms with Gasteiger partial charge in [0.15, 0.2) is 0 Å². The zero-order chi connectivity index (χ0) is 15.4. The molecule has 1 fully saturated rings. The number of benzene rings is 1. The molecule has 21 heavy (non-hydrogen) atoms. The van der Waals surface area contributed by atoms with Crippen LogP contribution in [-0.4, -0.2) is 42.6 Å². The number of halogens is 1. The van der Waals surface area contributed by atoms with Gasteiger partial charge in [-0.25, -0.2) is 9.18 Å². The molecule has 0 radical (unpaired) electrons. The van der Waals surface area contributed by atoms with E-state index in [1.807, 2.05) is 0 Å². The van der Waals surface area contributed by atoms with Crippen LogP contribution in [0.1, 0.15) is 6.42 Å². The first-order valence-electron chi connectivity index (χ1n) is 6.43. The second-order valence-electron chi connectivity index (χ2n) is 4.87. The maximum atomic E-state index is 12.8. The average Bonchev–Trinajstić information content (AvgIpc) is 2.77. The van der Waals surface area contributed by atoms with Gasteiger partial charge >= 0.3 is 6.09 Å². The Kier molecular flexibility index (Phi) is 4.59. The number of nitrogens with two attached hydrogens (primary N) is 1. The van der Waals surface area contributed by atoms with Crippen molar-refractivity contribution in [1.29, 1.82) is 0 Å². The summed E-state index contributed by atoms with van der Waals surface area (Å²) in [6.45, 7) is 0.442. The van der Waals surface area contributed by atoms with Crippen molar-refractivity contribution < 1.29 is 18.7 Å². The third-order valence-corrected chi connectivity index (χ3v) is 3.27. The van der Waals surface area contributed by atoms with Crippen molar-refractivity contribution in [2.24, 2.45) is 5.73 Å². The fraction of sp³-hybridized carbons (Fsp3) is 0.385. The van der Waals surface area contributed by atoms with Gasteiger partial charge in [-0.1, -0.05) is 0 Å². The van der Waals surface area contributed by atoms with E-state index in [4.69, 9.17) is 10.5 Å². The van der Waals surface area contributed by atoms with Crippen LogP contribution < -0.4 is 16.6 Å². The van der Waals surface area contributed by atoms with Gasteiger partial charge in [0.1, 0.15) is 11.9 Å². The molecule has 4 N–H and O–H groups in total. The Bertz CT molecular complexity index is 523. The number of carbonyl (C=O) groups excluding carboxylic acids is 2. The summed E-state index contributed by atoms with van der Waals surface area (Å²) in [5, 5.41) is 0. The van der Waals surface area contributed by atoms with E-state index in [0.29, 0.717) is 18.7 Å². The molecule has 0 aliphatic carbocycles. The first-order valence-corrected chi connectivity index (χ1v) is 6.43. The second-order valence-corrected chi connectivity index (χ2v) is 4.87. The van der Waals surface area contributed by atoms with Crippen LogP contribution in [0.3, 0.4) is 0 Å². The topological polar surface area (TPSA) is 96.7 Å². The average molecular weight is 296 g/mol. The molecule has 0 spiro atoms. The standard InChI is InChI=1S/C13H17FN4O3/c1-18-7-10(21-13(15)20)6-11(18)12(19)17-16-9-4-2-8(14)3-5-9/h2-5,10-11,16H,6-7H2,1H3,(H2,15,20)(H,17,19). The Morgan fingerprint density at radius 3 is 2.67 bits per heavy atom. The normalized spacial score (nSPS) is 21.8. The molecule has 114 valence electrons. The number of nitrogens with one attached hydrogen (secondary N) is 2. The molecule has 2 rings (SSSR count). The van der Waals surface area contributed by atoms with E-state index < -0.39 is 18.2 Å². The lowest BCUT2D eigenvalue weighted by Gasteiger charge is -2.18. The molecule has 1 heterocycles. The number of likely N-dealkylation sites (tertiary alicyclic amines) is 1. The van der Waals surface area contributed by atoms with Gasteiger partial charge in [0.25, 0.3) is 5.91 Å². The van der Waals surface area contributed by atoms with E-state index in [2.05, 4.69) is 10.9 Å². The molecule has 1 aromatic rings. The summed E-state index contributed by atoms with van der Waals surface area (Å²) in [5.74, 6) is -0.619. The SMILES string of the molecule is CN1CC(OC(N)=O)CC1C(=O)NNc1ccc(F)cc1. The predicted molar refractivity (Wildman–Crippen MR) is 73.7 cm³/mol. The first kappa shape index (κ1) is 15.0. The lowest BCUT2D eigenvalue weighted by Crippen LogP contribution is -2.43. The molecule has 7 nitrogen and oxygen atoms in total. The monoisotopic (exact) mass is 296 g/mol. The van der Waals surface area contributed by atoms with Gasteiger partial charge in [-0.15, -0.1) is 0 Å². The van der Waals surface area contributed by atoms with E-state index >= 15 is 0 Å². The Morgan fingerprint density at radius 2 is 2.05 bits per heavy atom. The van der Waals surface area contributed by atoms with E-state index in [1.54, 1.807) is 11.9 Å². The summed E-state index contributed by atoms with van der Waals surface area (Å²) in [5.41, 5.74) is 10.8. The van der Waals surface area contributed by atoms with Gasteiger partial charge in [-0.3, -0.25) is 20.5 Å². The number of hydrogen-bond donors (Lipinski definition) is 3. The summed E-state index contributed by atoms with van der Waals surface area (Å²) in [6.07, 6.45) is -0.871. The molecular formula is C13H17FN4O3. The maximum Gasteiger partial charge on any atom is 0.404 e. The third-order valence-electron chi connectivity index (χ3n) is 3.27. The summed E-state index contributed by atoms with van der Waals surface area (Å²) < 4.78 is 17.6. The van der Waals surface area contributed by atoms with Crippen molar-refractivity contribution in [3.63, 3.8) is 0 Å². The van der Waals surface area contributed by atoms with E-state index in [0.717, 1.165) is 0 Å². The molecule has 1 aromatic carbocycles. The van der Waals surface area contributed by atoms with Crippen molar-refractivity contribution in [2.45, 2.75) is 18.6 Å². The summed E-state index contributed by atoms with van der Waals surface area (Å²) in [7, 11) is 1.76. The number of hydrogen-bond acceptors (Lipinski definition) is 5. The molecule has 1 aliphatic heterocycles. The van der Waals surface area contributed by atoms with Gasteiger partial charge < -0.3 is 10.5 Å². The minimum absolute atomic E-state index is 0.266. The lowest BCUT2D eigenvalue weighted by atomic mass is 10.2. The van der Waals surface area contributed by atoms with Crippen LogP contribution in [0.4, 0.5) is 14.9 Å². The van der Waals surface area contributed by atoms with Crippen LogP contribution in [-0.2, 0) is 9.53 Å². The van der Waals surface area contributed by atoms with Crippen molar-refractivity contribution in [2.75, 3.05) is 19.0 Å². The van der Waals surface area contributed by atoms with E-state index in [9.17, 15) is 14.0 Å². The van der Waals surface area contributed by atoms with Gasteiger partial charge in [0.2, 0.25) is 0 Å². The number of nitrogens with zero attached hydrogens (tertiary/aromatic N) is 1. The Balaban J connectivity index is 1.85. The highest BCUT2D eigenvalue weighted by atomic mass is 19.1. The minimum atomic E-state index is -0.848. The molecule has 2 unspecified atom stereocenters. The van der Waals surface area contributed by atoms with Crippen LogP contribution in [0.2, 0.25) is 0 Å². The van der Waals surface area contributed by atoms with Crippen molar-refractivity contribution in [3.8, 4) is 0 Å². The number of likely N-dealkylation sites (N-methyl/N-ethyl adjacent to an activating group) is 1. The molecule has 0 bridgehead atoms. The zero-order valence-electron chi connectivity index (χ0n) is 11.5. The number of ether oxygens (including phenoxy) is 1. The quantitative estimate of drug-likeness (QED) is 0.700. The highest BCUT2D eigenvalue weighted by Crippen LogP contribution is 2.18. The molecule has 0 saturated carbocycles. The van der Waals surface area contributed by atoms with Crippen LogP contribution in [0, 0.1) is 5.82 Å². The van der Waals surface area contributed by atoms with E-state index in [-0.39, 0.29) is 11.7 Å². The summed E-state index contributed by atoms with van der Waals surface area (Å²) in [4.78, 5) is 24.6. The Labute approximate surface area is 121 Å². The molecule has 8 heteroatoms. The zero-order valence-corrected chi connectivity index (χ0v) is 11.5. The van der Waals surface area contributed by atoms with Gasteiger partial charge in [-0.2, -0.15) is 0 Å². The Hall–Kier alpha value is -2.35. The smallest absolute Gasteiger partial charge is 0.404 e. The molecular weight excluding hydrogens is 279 g/mol. The van der Waals surface area contributed by atoms with Crippen LogP contribution >= 0.6 is 0 Å². The molecule has 1 saturated heterocycles. The van der Waals surface area contributed by atoms with E-state index in [1.165, 1.54) is 24.3 Å². The number of carbonyl (C=O) groups is 2. The number of amides is 2. The van der Waals surface area contributed by atoms with Crippen LogP contribution in [0.5, 0.6) is 0 Å². The largest absolute Gasteiger partial charge is 0.445 e. The fourth-order valence-electron chi connectivity index (χ4n) is 2.26. The van der Waals surface area contributed by atoms with Crippen molar-refractivity contribution >= 4 is 17.7 Å². The first-order chi connectivity index (χ1) is 9.95. The molecule has 0 aromatic heterocycles. The third kappa shape index (κ3) is 4.06. The predicted octanol–water partition coefficient (Wildman–Crippen LogP) is 0.437. The lowest BCUT2D eigenvalue weighted by molar-refractivity contribution is -0.124. The summed E-state index contributed by atoms with van der Waals surface area (Å²) >= 11 is 0. The highest BCUT2D eigenvalue weighted by Gasteiger charge is 2.36. The molecule has 1 aliphatic rings. The number of rotatable bonds is 4. The number of hydrazine groups is 1. The minimum Gasteiger partial charge on any atom is -0.445 e. The van der Waals surface area contributed by atoms with Crippen LogP contribution in [0.15, 0.2) is 24.3 Å². The second kappa shape index (κ2) is 6.40. The van der Waals surface area contributed by atoms with Crippen molar-refractivity contribution in [1.82, 2.24) is 10.3 Å². The van der Waals surface area contributed by atoms with Gasteiger partial charge in [0, 0.05) is 13.0 Å². The van der Waals surface area contributed by atoms with Gasteiger partial charge in [0.05, 0.1) is 11.7 Å². The fourth-order valence-corrected chi connectivity index (χ4v) is 2.26. The van der Waals surface area contributed by atoms with Crippen LogP contribution in [0.25, 0.3) is 0 Å². The molecule has 2 atom stereocenters. The summed E-state index contributed by atoms with van der Waals surface area (Å²) in [6, 6.07) is 5.15.